The van der Waals surface area contributed by atoms with Crippen LogP contribution in [0.4, 0.5) is 0 Å². The number of nitrogens with one attached hydrogen (secondary N) is 3. The van der Waals surface area contributed by atoms with E-state index in [0.717, 1.165) is 0 Å². The molecule has 0 radical (unpaired) electrons. The van der Waals surface area contributed by atoms with Crippen LogP contribution in [0.25, 0.3) is 0 Å². The fourth-order valence-corrected chi connectivity index (χ4v) is 3.88. The zero-order chi connectivity index (χ0) is 27.8. The maximum atomic E-state index is 13.1. The lowest BCUT2D eigenvalue weighted by Crippen LogP contribution is -2.57. The van der Waals surface area contributed by atoms with E-state index in [2.05, 4.69) is 20.9 Å². The zero-order valence-electron chi connectivity index (χ0n) is 22.1. The summed E-state index contributed by atoms with van der Waals surface area (Å²) in [6.07, 6.45) is 3.43. The number of guanidine groups is 1. The molecule has 0 spiro atoms. The Hall–Kier alpha value is -2.54. The van der Waals surface area contributed by atoms with E-state index >= 15 is 0 Å². The number of carboxylic acid groups (broad SMARTS) is 1. The number of aliphatic carboxylic acids is 1. The van der Waals surface area contributed by atoms with Gasteiger partial charge in [0, 0.05) is 6.54 Å². The highest BCUT2D eigenvalue weighted by atomic mass is 32.2. The number of thioether (sulfide) groups is 1. The van der Waals surface area contributed by atoms with Crippen molar-refractivity contribution in [3.8, 4) is 0 Å². The molecule has 10 N–H and O–H groups in total. The van der Waals surface area contributed by atoms with Crippen molar-refractivity contribution >= 4 is 41.4 Å². The summed E-state index contributed by atoms with van der Waals surface area (Å²) < 4.78 is 0. The summed E-state index contributed by atoms with van der Waals surface area (Å²) in [5.41, 5.74) is 16.7. The Balaban J connectivity index is 5.59. The van der Waals surface area contributed by atoms with Gasteiger partial charge in [-0.1, -0.05) is 27.7 Å². The highest BCUT2D eigenvalue weighted by molar-refractivity contribution is 7.98. The first kappa shape index (κ1) is 33.5. The molecule has 0 aliphatic rings. The minimum absolute atomic E-state index is 0.0301. The lowest BCUT2D eigenvalue weighted by molar-refractivity contribution is -0.142. The second kappa shape index (κ2) is 17.8. The summed E-state index contributed by atoms with van der Waals surface area (Å²) in [5.74, 6) is -2.05. The van der Waals surface area contributed by atoms with Crippen LogP contribution in [0.15, 0.2) is 4.99 Å². The Morgan fingerprint density at radius 3 is 1.81 bits per heavy atom. The van der Waals surface area contributed by atoms with Crippen LogP contribution < -0.4 is 33.2 Å². The van der Waals surface area contributed by atoms with Crippen molar-refractivity contribution in [2.75, 3.05) is 18.6 Å². The lowest BCUT2D eigenvalue weighted by Gasteiger charge is -2.25. The van der Waals surface area contributed by atoms with E-state index < -0.39 is 47.9 Å². The van der Waals surface area contributed by atoms with Gasteiger partial charge in [-0.15, -0.1) is 0 Å². The molecular formula is C23H45N7O5S. The summed E-state index contributed by atoms with van der Waals surface area (Å²) in [4.78, 5) is 54.2. The van der Waals surface area contributed by atoms with Gasteiger partial charge in [-0.3, -0.25) is 19.4 Å². The van der Waals surface area contributed by atoms with Crippen molar-refractivity contribution in [2.24, 2.45) is 34.0 Å². The van der Waals surface area contributed by atoms with Gasteiger partial charge in [-0.2, -0.15) is 11.8 Å². The number of carbonyl (C=O) groups is 4. The predicted octanol–water partition coefficient (Wildman–Crippen LogP) is -0.248. The van der Waals surface area contributed by atoms with E-state index in [-0.39, 0.29) is 37.2 Å². The van der Waals surface area contributed by atoms with Crippen LogP contribution in [0.1, 0.15) is 59.8 Å². The Morgan fingerprint density at radius 1 is 0.833 bits per heavy atom. The Kier molecular flexibility index (Phi) is 16.6. The summed E-state index contributed by atoms with van der Waals surface area (Å²) in [7, 11) is 0. The van der Waals surface area contributed by atoms with Crippen molar-refractivity contribution in [1.82, 2.24) is 16.0 Å². The van der Waals surface area contributed by atoms with Crippen molar-refractivity contribution in [2.45, 2.75) is 84.0 Å². The molecule has 0 aromatic rings. The molecule has 0 aliphatic heterocycles. The largest absolute Gasteiger partial charge is 0.480 e. The normalized spacial score (nSPS) is 14.4. The van der Waals surface area contributed by atoms with Gasteiger partial charge >= 0.3 is 5.97 Å². The van der Waals surface area contributed by atoms with Gasteiger partial charge in [0.15, 0.2) is 5.96 Å². The monoisotopic (exact) mass is 531 g/mol. The first-order valence-electron chi connectivity index (χ1n) is 12.2. The molecule has 4 unspecified atom stereocenters. The highest BCUT2D eigenvalue weighted by Crippen LogP contribution is 2.09. The van der Waals surface area contributed by atoms with Crippen LogP contribution >= 0.6 is 11.8 Å². The SMILES string of the molecule is CSCCC(NC(=O)C(N)CC(C)C)C(=O)NC(CCCN=C(N)N)C(=O)NC(CC(C)C)C(=O)O. The number of carbonyl (C=O) groups excluding carboxylic acids is 3. The summed E-state index contributed by atoms with van der Waals surface area (Å²) >= 11 is 1.51. The minimum atomic E-state index is -1.16. The standard InChI is InChI=1S/C23H45N7O5S/c1-13(2)11-15(24)19(31)28-17(8-10-36-5)21(33)29-16(7-6-9-27-23(25)26)20(32)30-18(22(34)35)12-14(3)4/h13-18H,6-12,24H2,1-5H3,(H,28,31)(H,29,33)(H,30,32)(H,34,35)(H4,25,26,27). The fourth-order valence-electron chi connectivity index (χ4n) is 3.41. The van der Waals surface area contributed by atoms with E-state index in [1.54, 1.807) is 0 Å². The van der Waals surface area contributed by atoms with Crippen LogP contribution in [0.5, 0.6) is 0 Å². The molecule has 0 heterocycles. The Bertz CT molecular complexity index is 744. The van der Waals surface area contributed by atoms with E-state index in [1.807, 2.05) is 34.0 Å². The van der Waals surface area contributed by atoms with Crippen molar-refractivity contribution in [3.63, 3.8) is 0 Å². The van der Waals surface area contributed by atoms with Crippen molar-refractivity contribution < 1.29 is 24.3 Å². The molecule has 4 atom stereocenters. The zero-order valence-corrected chi connectivity index (χ0v) is 22.9. The molecule has 208 valence electrons. The fraction of sp³-hybridized carbons (Fsp3) is 0.783. The van der Waals surface area contributed by atoms with E-state index in [4.69, 9.17) is 17.2 Å². The smallest absolute Gasteiger partial charge is 0.326 e. The molecule has 0 aliphatic carbocycles. The molecule has 0 bridgehead atoms. The molecule has 0 saturated heterocycles. The number of rotatable bonds is 18. The number of hydrogen-bond donors (Lipinski definition) is 7. The number of aliphatic imine (C=N–C) groups is 1. The third-order valence-corrected chi connectivity index (χ3v) is 5.85. The summed E-state index contributed by atoms with van der Waals surface area (Å²) in [6.45, 7) is 7.81. The molecule has 12 nitrogen and oxygen atoms in total. The maximum Gasteiger partial charge on any atom is 0.326 e. The first-order valence-corrected chi connectivity index (χ1v) is 13.6. The lowest BCUT2D eigenvalue weighted by atomic mass is 10.0. The van der Waals surface area contributed by atoms with Gasteiger partial charge in [-0.25, -0.2) is 4.79 Å². The maximum absolute atomic E-state index is 13.1. The topological polar surface area (TPSA) is 215 Å². The van der Waals surface area contributed by atoms with Gasteiger partial charge in [-0.05, 0) is 55.9 Å². The van der Waals surface area contributed by atoms with Crippen LogP contribution in [0.3, 0.4) is 0 Å². The first-order chi connectivity index (χ1) is 16.8. The third-order valence-electron chi connectivity index (χ3n) is 5.21. The number of nitrogens with two attached hydrogens (primary N) is 3. The molecule has 3 amide bonds. The Morgan fingerprint density at radius 2 is 1.33 bits per heavy atom. The summed E-state index contributed by atoms with van der Waals surface area (Å²) in [5, 5.41) is 17.4. The van der Waals surface area contributed by atoms with Gasteiger partial charge in [0.2, 0.25) is 17.7 Å². The van der Waals surface area contributed by atoms with Gasteiger partial charge in [0.1, 0.15) is 18.1 Å². The third kappa shape index (κ3) is 14.8. The molecule has 0 aromatic heterocycles. The molecule has 13 heteroatoms. The van der Waals surface area contributed by atoms with Crippen LogP contribution in [-0.2, 0) is 19.2 Å². The second-order valence-electron chi connectivity index (χ2n) is 9.62. The van der Waals surface area contributed by atoms with Gasteiger partial charge < -0.3 is 38.3 Å². The quantitative estimate of drug-likeness (QED) is 0.0704. The number of nitrogens with zero attached hydrogens (tertiary/aromatic N) is 1. The molecule has 36 heavy (non-hydrogen) atoms. The minimum Gasteiger partial charge on any atom is -0.480 e. The predicted molar refractivity (Wildman–Crippen MR) is 143 cm³/mol. The average Bonchev–Trinajstić information content (AvgIpc) is 2.76. The van der Waals surface area contributed by atoms with Gasteiger partial charge in [0.05, 0.1) is 6.04 Å². The average molecular weight is 532 g/mol. The highest BCUT2D eigenvalue weighted by Gasteiger charge is 2.30. The van der Waals surface area contributed by atoms with E-state index in [9.17, 15) is 24.3 Å². The number of carboxylic acids is 1. The molecule has 0 rings (SSSR count). The number of amides is 3. The molecular weight excluding hydrogens is 486 g/mol. The number of hydrogen-bond acceptors (Lipinski definition) is 7. The summed E-state index contributed by atoms with van der Waals surface area (Å²) in [6, 6.07) is -3.81. The van der Waals surface area contributed by atoms with Crippen LogP contribution in [0.2, 0.25) is 0 Å². The van der Waals surface area contributed by atoms with Crippen LogP contribution in [0, 0.1) is 11.8 Å². The van der Waals surface area contributed by atoms with Crippen molar-refractivity contribution in [1.29, 1.82) is 0 Å². The Labute approximate surface area is 218 Å². The molecule has 0 saturated carbocycles. The van der Waals surface area contributed by atoms with Crippen LogP contribution in [-0.4, -0.2) is 77.5 Å². The molecule has 0 aromatic carbocycles. The van der Waals surface area contributed by atoms with Crippen molar-refractivity contribution in [3.05, 3.63) is 0 Å². The molecule has 0 fully saturated rings. The van der Waals surface area contributed by atoms with E-state index in [1.165, 1.54) is 11.8 Å². The van der Waals surface area contributed by atoms with Gasteiger partial charge in [0.25, 0.3) is 0 Å². The second-order valence-corrected chi connectivity index (χ2v) is 10.6. The van der Waals surface area contributed by atoms with E-state index in [0.29, 0.717) is 25.0 Å².